The third kappa shape index (κ3) is 3.99. The number of hydrogen-bond donors (Lipinski definition) is 1. The number of hydrogen-bond acceptors (Lipinski definition) is 4. The van der Waals surface area contributed by atoms with E-state index in [-0.39, 0.29) is 5.91 Å². The van der Waals surface area contributed by atoms with Gasteiger partial charge in [0.15, 0.2) is 0 Å². The average Bonchev–Trinajstić information content (AvgIpc) is 2.54. The van der Waals surface area contributed by atoms with Crippen molar-refractivity contribution >= 4 is 11.6 Å². The molecule has 0 unspecified atom stereocenters. The number of nitrogens with zero attached hydrogens (tertiary/aromatic N) is 3. The molecule has 0 spiro atoms. The van der Waals surface area contributed by atoms with Gasteiger partial charge in [-0.05, 0) is 37.8 Å². The van der Waals surface area contributed by atoms with Gasteiger partial charge in [0.1, 0.15) is 0 Å². The van der Waals surface area contributed by atoms with Gasteiger partial charge < -0.3 is 15.5 Å². The van der Waals surface area contributed by atoms with E-state index < -0.39 is 0 Å². The van der Waals surface area contributed by atoms with E-state index in [0.29, 0.717) is 11.3 Å². The normalized spacial score (nSPS) is 16.3. The highest BCUT2D eigenvalue weighted by Crippen LogP contribution is 2.18. The molecule has 1 aliphatic rings. The highest BCUT2D eigenvalue weighted by atomic mass is 16.2. The van der Waals surface area contributed by atoms with Gasteiger partial charge in [0, 0.05) is 44.0 Å². The van der Waals surface area contributed by atoms with Crippen LogP contribution in [-0.2, 0) is 6.54 Å². The van der Waals surface area contributed by atoms with Crippen LogP contribution >= 0.6 is 0 Å². The monoisotopic (exact) mass is 304 g/mol. The molecule has 5 nitrogen and oxygen atoms in total. The molecule has 0 aromatic heterocycles. The molecule has 0 atom stereocenters. The van der Waals surface area contributed by atoms with Crippen molar-refractivity contribution in [3.05, 3.63) is 29.3 Å². The Bertz CT molecular complexity index is 505. The number of amides is 1. The molecule has 0 bridgehead atoms. The van der Waals surface area contributed by atoms with Gasteiger partial charge in [0.05, 0.1) is 0 Å². The van der Waals surface area contributed by atoms with Crippen molar-refractivity contribution < 1.29 is 4.79 Å². The molecule has 0 radical (unpaired) electrons. The maximum absolute atomic E-state index is 12.5. The summed E-state index contributed by atoms with van der Waals surface area (Å²) in [5.41, 5.74) is 8.67. The third-order valence-electron chi connectivity index (χ3n) is 4.47. The minimum Gasteiger partial charge on any atom is -0.398 e. The van der Waals surface area contributed by atoms with Crippen LogP contribution < -0.4 is 5.73 Å². The van der Waals surface area contributed by atoms with E-state index in [4.69, 9.17) is 5.73 Å². The smallest absolute Gasteiger partial charge is 0.254 e. The van der Waals surface area contributed by atoms with E-state index in [1.165, 1.54) is 0 Å². The predicted molar refractivity (Wildman–Crippen MR) is 90.9 cm³/mol. The summed E-state index contributed by atoms with van der Waals surface area (Å²) in [5, 5.41) is 0. The molecular formula is C17H28N4O. The van der Waals surface area contributed by atoms with Gasteiger partial charge in [-0.15, -0.1) is 0 Å². The molecule has 5 heteroatoms. The zero-order valence-electron chi connectivity index (χ0n) is 14.0. The fourth-order valence-electron chi connectivity index (χ4n) is 2.75. The molecule has 0 aliphatic carbocycles. The maximum atomic E-state index is 12.5. The minimum absolute atomic E-state index is 0.0918. The minimum atomic E-state index is 0.0918. The van der Waals surface area contributed by atoms with Crippen molar-refractivity contribution in [1.29, 1.82) is 0 Å². The highest BCUT2D eigenvalue weighted by molar-refractivity contribution is 5.95. The Morgan fingerprint density at radius 2 is 1.82 bits per heavy atom. The molecule has 22 heavy (non-hydrogen) atoms. The summed E-state index contributed by atoms with van der Waals surface area (Å²) < 4.78 is 0. The number of carbonyl (C=O) groups excluding carboxylic acids is 1. The van der Waals surface area contributed by atoms with Crippen molar-refractivity contribution in [3.63, 3.8) is 0 Å². The molecule has 1 fully saturated rings. The van der Waals surface area contributed by atoms with E-state index in [1.54, 1.807) is 0 Å². The summed E-state index contributed by atoms with van der Waals surface area (Å²) >= 11 is 0. The summed E-state index contributed by atoms with van der Waals surface area (Å²) in [7, 11) is 2.09. The first-order valence-electron chi connectivity index (χ1n) is 8.13. The quantitative estimate of drug-likeness (QED) is 0.838. The van der Waals surface area contributed by atoms with Crippen LogP contribution in [0.1, 0.15) is 29.8 Å². The number of piperazine rings is 1. The summed E-state index contributed by atoms with van der Waals surface area (Å²) in [6, 6.07) is 5.74. The first kappa shape index (κ1) is 16.8. The Kier molecular flexibility index (Phi) is 5.80. The Balaban J connectivity index is 2.06. The number of likely N-dealkylation sites (N-methyl/N-ethyl adjacent to an activating group) is 1. The second kappa shape index (κ2) is 7.61. The van der Waals surface area contributed by atoms with Crippen LogP contribution in [0.15, 0.2) is 18.2 Å². The van der Waals surface area contributed by atoms with Crippen molar-refractivity contribution in [3.8, 4) is 0 Å². The second-order valence-electron chi connectivity index (χ2n) is 5.97. The van der Waals surface area contributed by atoms with E-state index >= 15 is 0 Å². The molecule has 1 heterocycles. The fraction of sp³-hybridized carbons (Fsp3) is 0.588. The third-order valence-corrected chi connectivity index (χ3v) is 4.47. The van der Waals surface area contributed by atoms with Gasteiger partial charge in [0.25, 0.3) is 5.91 Å². The summed E-state index contributed by atoms with van der Waals surface area (Å²) in [6.45, 7) is 10.6. The van der Waals surface area contributed by atoms with Crippen LogP contribution in [0.4, 0.5) is 5.69 Å². The van der Waals surface area contributed by atoms with Gasteiger partial charge in [-0.1, -0.05) is 19.9 Å². The van der Waals surface area contributed by atoms with E-state index in [0.717, 1.165) is 51.4 Å². The predicted octanol–water partition coefficient (Wildman–Crippen LogP) is 1.50. The topological polar surface area (TPSA) is 52.8 Å². The zero-order chi connectivity index (χ0) is 16.1. The van der Waals surface area contributed by atoms with Crippen LogP contribution in [0, 0.1) is 0 Å². The number of nitrogen functional groups attached to an aromatic ring is 1. The lowest BCUT2D eigenvalue weighted by Crippen LogP contribution is -2.47. The second-order valence-corrected chi connectivity index (χ2v) is 5.97. The van der Waals surface area contributed by atoms with Crippen LogP contribution in [0.25, 0.3) is 0 Å². The largest absolute Gasteiger partial charge is 0.398 e. The maximum Gasteiger partial charge on any atom is 0.254 e. The molecule has 1 amide bonds. The Labute approximate surface area is 133 Å². The molecule has 2 N–H and O–H groups in total. The Morgan fingerprint density at radius 1 is 1.18 bits per heavy atom. The summed E-state index contributed by atoms with van der Waals surface area (Å²) in [6.07, 6.45) is 0. The molecule has 1 aliphatic heterocycles. The molecule has 0 saturated carbocycles. The highest BCUT2D eigenvalue weighted by Gasteiger charge is 2.20. The van der Waals surface area contributed by atoms with E-state index in [9.17, 15) is 4.79 Å². The number of rotatable bonds is 5. The summed E-state index contributed by atoms with van der Waals surface area (Å²) in [4.78, 5) is 19.0. The van der Waals surface area contributed by atoms with Crippen LogP contribution in [0.5, 0.6) is 0 Å². The molecule has 2 rings (SSSR count). The van der Waals surface area contributed by atoms with Gasteiger partial charge >= 0.3 is 0 Å². The first-order chi connectivity index (χ1) is 10.5. The molecule has 1 aromatic rings. The van der Waals surface area contributed by atoms with Gasteiger partial charge in [0.2, 0.25) is 0 Å². The average molecular weight is 304 g/mol. The van der Waals surface area contributed by atoms with Gasteiger partial charge in [-0.25, -0.2) is 0 Å². The lowest BCUT2D eigenvalue weighted by Gasteiger charge is -2.32. The van der Waals surface area contributed by atoms with Crippen molar-refractivity contribution in [2.75, 3.05) is 52.0 Å². The van der Waals surface area contributed by atoms with Gasteiger partial charge in [-0.3, -0.25) is 9.69 Å². The molecular weight excluding hydrogens is 276 g/mol. The zero-order valence-corrected chi connectivity index (χ0v) is 14.0. The first-order valence-corrected chi connectivity index (χ1v) is 8.13. The molecule has 1 saturated heterocycles. The van der Waals surface area contributed by atoms with Crippen LogP contribution in [-0.4, -0.2) is 66.9 Å². The fourth-order valence-corrected chi connectivity index (χ4v) is 2.75. The van der Waals surface area contributed by atoms with Crippen molar-refractivity contribution in [2.45, 2.75) is 20.4 Å². The summed E-state index contributed by atoms with van der Waals surface area (Å²) in [5.74, 6) is 0.0918. The van der Waals surface area contributed by atoms with E-state index in [1.807, 2.05) is 23.1 Å². The van der Waals surface area contributed by atoms with E-state index in [2.05, 4.69) is 30.7 Å². The lowest BCUT2D eigenvalue weighted by atomic mass is 10.1. The molecule has 1 aromatic carbocycles. The Morgan fingerprint density at radius 3 is 2.36 bits per heavy atom. The van der Waals surface area contributed by atoms with Crippen LogP contribution in [0.2, 0.25) is 0 Å². The van der Waals surface area contributed by atoms with Crippen LogP contribution in [0.3, 0.4) is 0 Å². The number of carbonyl (C=O) groups is 1. The number of anilines is 1. The SMILES string of the molecule is CCN(CC)Cc1ccc(C(=O)N2CCN(C)CC2)cc1N. The van der Waals surface area contributed by atoms with Gasteiger partial charge in [-0.2, -0.15) is 0 Å². The Hall–Kier alpha value is -1.59. The number of nitrogens with two attached hydrogens (primary N) is 1. The number of benzene rings is 1. The lowest BCUT2D eigenvalue weighted by molar-refractivity contribution is 0.0664. The van der Waals surface area contributed by atoms with Crippen molar-refractivity contribution in [1.82, 2.24) is 14.7 Å². The van der Waals surface area contributed by atoms with Crippen molar-refractivity contribution in [2.24, 2.45) is 0 Å². The molecule has 122 valence electrons. The standard InChI is InChI=1S/C17H28N4O/c1-4-20(5-2)13-15-7-6-14(12-16(15)18)17(22)21-10-8-19(3)9-11-21/h6-7,12H,4-5,8-11,13,18H2,1-3H3.